The summed E-state index contributed by atoms with van der Waals surface area (Å²) in [7, 11) is 0. The summed E-state index contributed by atoms with van der Waals surface area (Å²) in [5.74, 6) is 1.15. The van der Waals surface area contributed by atoms with Gasteiger partial charge < -0.3 is 14.6 Å². The van der Waals surface area contributed by atoms with Gasteiger partial charge in [-0.2, -0.15) is 0 Å². The molecule has 2 aliphatic rings. The van der Waals surface area contributed by atoms with E-state index in [1.807, 2.05) is 31.2 Å². The Kier molecular flexibility index (Phi) is 8.89. The van der Waals surface area contributed by atoms with E-state index >= 15 is 0 Å². The first kappa shape index (κ1) is 24.4. The number of nitrogens with one attached hydrogen (secondary N) is 1. The van der Waals surface area contributed by atoms with E-state index in [4.69, 9.17) is 4.42 Å². The van der Waals surface area contributed by atoms with Gasteiger partial charge in [-0.25, -0.2) is 4.79 Å². The first-order valence-corrected chi connectivity index (χ1v) is 10.2. The number of aromatic nitrogens is 1. The highest BCUT2D eigenvalue weighted by Gasteiger charge is 2.30. The number of amides is 1. The van der Waals surface area contributed by atoms with Gasteiger partial charge in [0.15, 0.2) is 0 Å². The van der Waals surface area contributed by atoms with Crippen LogP contribution in [0.1, 0.15) is 52.6 Å². The maximum atomic E-state index is 13.0. The minimum Gasteiger partial charge on any atom is -0.427 e. The molecule has 0 saturated carbocycles. The average molecular weight is 454 g/mol. The number of likely N-dealkylation sites (tertiary alicyclic amines) is 1. The fourth-order valence-corrected chi connectivity index (χ4v) is 4.35. The largest absolute Gasteiger partial charge is 0.427 e. The van der Waals surface area contributed by atoms with Crippen molar-refractivity contribution in [3.05, 3.63) is 63.5 Å². The fourth-order valence-electron chi connectivity index (χ4n) is 4.35. The predicted molar refractivity (Wildman–Crippen MR) is 121 cm³/mol. The summed E-state index contributed by atoms with van der Waals surface area (Å²) in [5.41, 5.74) is 1.47. The first-order chi connectivity index (χ1) is 13.6. The van der Waals surface area contributed by atoms with Crippen LogP contribution in [-0.2, 0) is 6.42 Å². The number of hydrogen-bond acceptors (Lipinski definition) is 5. The quantitative estimate of drug-likeness (QED) is 0.767. The van der Waals surface area contributed by atoms with Gasteiger partial charge in [0.05, 0.1) is 0 Å². The molecule has 8 heteroatoms. The van der Waals surface area contributed by atoms with Crippen molar-refractivity contribution in [2.75, 3.05) is 26.2 Å². The Morgan fingerprint density at radius 3 is 2.67 bits per heavy atom. The molecule has 2 aromatic heterocycles. The van der Waals surface area contributed by atoms with Crippen LogP contribution in [0.15, 0.2) is 39.7 Å². The second-order valence-corrected chi connectivity index (χ2v) is 7.95. The Bertz CT molecular complexity index is 898. The third kappa shape index (κ3) is 5.42. The highest BCUT2D eigenvalue weighted by molar-refractivity contribution is 5.95. The zero-order valence-corrected chi connectivity index (χ0v) is 18.8. The van der Waals surface area contributed by atoms with Crippen LogP contribution in [0.2, 0.25) is 0 Å². The molecule has 4 heterocycles. The Morgan fingerprint density at radius 2 is 2.00 bits per heavy atom. The van der Waals surface area contributed by atoms with Crippen molar-refractivity contribution in [2.24, 2.45) is 5.92 Å². The maximum absolute atomic E-state index is 13.0. The summed E-state index contributed by atoms with van der Waals surface area (Å²) in [6, 6.07) is 7.80. The van der Waals surface area contributed by atoms with E-state index in [-0.39, 0.29) is 42.2 Å². The predicted octanol–water partition coefficient (Wildman–Crippen LogP) is 3.36. The number of hydrogen-bond donors (Lipinski definition) is 1. The van der Waals surface area contributed by atoms with E-state index in [0.29, 0.717) is 19.0 Å². The van der Waals surface area contributed by atoms with Gasteiger partial charge in [-0.1, -0.05) is 6.07 Å². The lowest BCUT2D eigenvalue weighted by Crippen LogP contribution is -2.34. The lowest BCUT2D eigenvalue weighted by molar-refractivity contribution is 0.0781. The van der Waals surface area contributed by atoms with Crippen molar-refractivity contribution >= 4 is 30.7 Å². The molecule has 2 saturated heterocycles. The van der Waals surface area contributed by atoms with Crippen LogP contribution in [0, 0.1) is 12.8 Å². The molecule has 4 rings (SSSR count). The van der Waals surface area contributed by atoms with Crippen LogP contribution in [-0.4, -0.2) is 42.0 Å². The molecule has 1 N–H and O–H groups in total. The van der Waals surface area contributed by atoms with Crippen LogP contribution >= 0.6 is 24.8 Å². The number of nitrogens with zero attached hydrogens (tertiary/aromatic N) is 2. The monoisotopic (exact) mass is 453 g/mol. The summed E-state index contributed by atoms with van der Waals surface area (Å²) in [4.78, 5) is 31.8. The van der Waals surface area contributed by atoms with Crippen LogP contribution in [0.3, 0.4) is 0 Å². The molecule has 6 nitrogen and oxygen atoms in total. The van der Waals surface area contributed by atoms with E-state index in [1.165, 1.54) is 0 Å². The smallest absolute Gasteiger partial charge is 0.349 e. The number of carbonyl (C=O) groups excluding carboxylic acids is 1. The highest BCUT2D eigenvalue weighted by Crippen LogP contribution is 2.27. The Labute approximate surface area is 189 Å². The average Bonchev–Trinajstić information content (AvgIpc) is 3.17. The molecule has 0 spiro atoms. The second kappa shape index (κ2) is 10.9. The van der Waals surface area contributed by atoms with Gasteiger partial charge in [0.25, 0.3) is 5.91 Å². The fraction of sp³-hybridized carbons (Fsp3) is 0.500. The van der Waals surface area contributed by atoms with Crippen LogP contribution in [0.5, 0.6) is 0 Å². The summed E-state index contributed by atoms with van der Waals surface area (Å²) in [6.45, 7) is 5.03. The third-order valence-electron chi connectivity index (χ3n) is 5.92. The molecule has 2 fully saturated rings. The minimum atomic E-state index is -0.494. The zero-order valence-electron chi connectivity index (χ0n) is 17.1. The topological polar surface area (TPSA) is 75.4 Å². The number of pyridine rings is 1. The SMILES string of the molecule is Cc1cc(C2CCNCC2)oc(=O)c1C(=O)N1CCC(Cc2ccccn2)C1.Cl.Cl. The molecule has 0 aromatic carbocycles. The number of halogens is 2. The molecule has 2 aromatic rings. The normalized spacial score (nSPS) is 19.1. The van der Waals surface area contributed by atoms with Gasteiger partial charge in [-0.15, -0.1) is 24.8 Å². The summed E-state index contributed by atoms with van der Waals surface area (Å²) in [5, 5.41) is 3.32. The lowest BCUT2D eigenvalue weighted by atomic mass is 9.94. The molecule has 0 bridgehead atoms. The first-order valence-electron chi connectivity index (χ1n) is 10.2. The van der Waals surface area contributed by atoms with Crippen molar-refractivity contribution in [1.29, 1.82) is 0 Å². The molecule has 1 unspecified atom stereocenters. The second-order valence-electron chi connectivity index (χ2n) is 7.95. The maximum Gasteiger partial charge on any atom is 0.349 e. The Balaban J connectivity index is 0.00000160. The number of rotatable bonds is 4. The van der Waals surface area contributed by atoms with Crippen molar-refractivity contribution in [3.8, 4) is 0 Å². The van der Waals surface area contributed by atoms with Gasteiger partial charge in [-0.05, 0) is 75.4 Å². The van der Waals surface area contributed by atoms with Gasteiger partial charge in [0, 0.05) is 30.9 Å². The van der Waals surface area contributed by atoms with Crippen molar-refractivity contribution in [2.45, 2.75) is 38.5 Å². The lowest BCUT2D eigenvalue weighted by Gasteiger charge is -2.22. The Morgan fingerprint density at radius 1 is 1.23 bits per heavy atom. The number of carbonyl (C=O) groups is 1. The van der Waals surface area contributed by atoms with Crippen LogP contribution < -0.4 is 10.9 Å². The van der Waals surface area contributed by atoms with Gasteiger partial charge in [0.2, 0.25) is 0 Å². The molecular weight excluding hydrogens is 425 g/mol. The minimum absolute atomic E-state index is 0. The molecule has 0 aliphatic carbocycles. The standard InChI is InChI=1S/C22H27N3O3.2ClH/c1-15-12-19(17-5-9-23-10-6-17)28-22(27)20(15)21(26)25-11-7-16(14-25)13-18-4-2-3-8-24-18;;/h2-4,8,12,16-17,23H,5-7,9-11,13-14H2,1H3;2*1H. The molecule has 164 valence electrons. The summed E-state index contributed by atoms with van der Waals surface area (Å²) in [6.07, 6.45) is 5.49. The summed E-state index contributed by atoms with van der Waals surface area (Å²) >= 11 is 0. The van der Waals surface area contributed by atoms with E-state index in [2.05, 4.69) is 10.3 Å². The molecule has 0 radical (unpaired) electrons. The zero-order chi connectivity index (χ0) is 19.5. The third-order valence-corrected chi connectivity index (χ3v) is 5.92. The molecule has 30 heavy (non-hydrogen) atoms. The summed E-state index contributed by atoms with van der Waals surface area (Å²) < 4.78 is 5.59. The van der Waals surface area contributed by atoms with Gasteiger partial charge >= 0.3 is 5.63 Å². The Hall–Kier alpha value is -1.89. The van der Waals surface area contributed by atoms with Crippen molar-refractivity contribution in [1.82, 2.24) is 15.2 Å². The molecule has 1 amide bonds. The molecule has 2 aliphatic heterocycles. The number of piperidine rings is 1. The van der Waals surface area contributed by atoms with E-state index in [9.17, 15) is 9.59 Å². The van der Waals surface area contributed by atoms with Crippen LogP contribution in [0.25, 0.3) is 0 Å². The van der Waals surface area contributed by atoms with Crippen molar-refractivity contribution in [3.63, 3.8) is 0 Å². The van der Waals surface area contributed by atoms with Crippen molar-refractivity contribution < 1.29 is 9.21 Å². The number of aryl methyl sites for hydroxylation is 1. The molecule has 1 atom stereocenters. The van der Waals surface area contributed by atoms with E-state index in [1.54, 1.807) is 11.1 Å². The van der Waals surface area contributed by atoms with Gasteiger partial charge in [0.1, 0.15) is 11.3 Å². The van der Waals surface area contributed by atoms with Crippen LogP contribution in [0.4, 0.5) is 0 Å². The molecular formula is C22H29Cl2N3O3. The van der Waals surface area contributed by atoms with E-state index < -0.39 is 5.63 Å². The van der Waals surface area contributed by atoms with E-state index in [0.717, 1.165) is 55.8 Å². The van der Waals surface area contributed by atoms with Gasteiger partial charge in [-0.3, -0.25) is 9.78 Å². The highest BCUT2D eigenvalue weighted by atomic mass is 35.5.